The predicted octanol–water partition coefficient (Wildman–Crippen LogP) is 3.45. The minimum absolute atomic E-state index is 0.0862. The molecule has 3 N–H and O–H groups in total. The minimum Gasteiger partial charge on any atom is -0.484 e. The summed E-state index contributed by atoms with van der Waals surface area (Å²) in [4.78, 5) is 61.5. The average Bonchev–Trinajstić information content (AvgIpc) is 3.10. The first-order valence-electron chi connectivity index (χ1n) is 10.7. The average molecular weight is 532 g/mol. The third-order valence-electron chi connectivity index (χ3n) is 4.64. The maximum Gasteiger partial charge on any atom is 0.339 e. The fourth-order valence-electron chi connectivity index (χ4n) is 2.98. The van der Waals surface area contributed by atoms with E-state index in [9.17, 15) is 24.0 Å². The molecule has 36 heavy (non-hydrogen) atoms. The Labute approximate surface area is 215 Å². The van der Waals surface area contributed by atoms with Crippen molar-refractivity contribution in [3.63, 3.8) is 0 Å². The highest BCUT2D eigenvalue weighted by Gasteiger charge is 2.36. The zero-order valence-electron chi connectivity index (χ0n) is 19.1. The van der Waals surface area contributed by atoms with Crippen molar-refractivity contribution in [2.45, 2.75) is 13.3 Å². The van der Waals surface area contributed by atoms with E-state index >= 15 is 0 Å². The molecule has 0 radical (unpaired) electrons. The lowest BCUT2D eigenvalue weighted by atomic mass is 10.2. The maximum atomic E-state index is 12.7. The second-order valence-corrected chi connectivity index (χ2v) is 8.87. The van der Waals surface area contributed by atoms with Crippen LogP contribution in [0.25, 0.3) is 6.08 Å². The van der Waals surface area contributed by atoms with Crippen LogP contribution >= 0.6 is 23.4 Å². The standard InChI is InChI=1S/C24H22ClN3O7S/c1-2-9-34-23(32)17-11-15(5-8-18(17)25)27-21(30)12-28-22(31)19(36-24(28)33)10-14-3-6-16(7-4-14)35-13-20(26)29/h3-8,10-11H,2,9,12-13H2,1H3,(H2,26,29)(H,27,30)/b19-10-. The van der Waals surface area contributed by atoms with Gasteiger partial charge in [0, 0.05) is 5.69 Å². The monoisotopic (exact) mass is 531 g/mol. The molecule has 1 aliphatic heterocycles. The number of esters is 1. The largest absolute Gasteiger partial charge is 0.484 e. The number of hydrogen-bond donors (Lipinski definition) is 2. The van der Waals surface area contributed by atoms with Crippen LogP contribution < -0.4 is 15.8 Å². The van der Waals surface area contributed by atoms with Gasteiger partial charge < -0.3 is 20.5 Å². The summed E-state index contributed by atoms with van der Waals surface area (Å²) in [7, 11) is 0. The predicted molar refractivity (Wildman–Crippen MR) is 134 cm³/mol. The number of ether oxygens (including phenoxy) is 2. The molecule has 12 heteroatoms. The second-order valence-electron chi connectivity index (χ2n) is 7.47. The molecular formula is C24H22ClN3O7S. The van der Waals surface area contributed by atoms with Gasteiger partial charge in [-0.2, -0.15) is 0 Å². The second kappa shape index (κ2) is 12.2. The van der Waals surface area contributed by atoms with Gasteiger partial charge in [0.15, 0.2) is 6.61 Å². The van der Waals surface area contributed by atoms with Crippen LogP contribution in [0, 0.1) is 0 Å². The van der Waals surface area contributed by atoms with Gasteiger partial charge in [-0.3, -0.25) is 24.1 Å². The molecule has 2 aromatic carbocycles. The molecule has 0 saturated carbocycles. The summed E-state index contributed by atoms with van der Waals surface area (Å²) in [5.74, 6) is -2.07. The molecule has 0 spiro atoms. The summed E-state index contributed by atoms with van der Waals surface area (Å²) in [5, 5.41) is 2.12. The van der Waals surface area contributed by atoms with Crippen molar-refractivity contribution in [1.82, 2.24) is 4.90 Å². The van der Waals surface area contributed by atoms with Crippen LogP contribution in [0.2, 0.25) is 5.02 Å². The molecule has 0 atom stereocenters. The van der Waals surface area contributed by atoms with E-state index in [4.69, 9.17) is 26.8 Å². The Hall–Kier alpha value is -3.83. The first-order chi connectivity index (χ1) is 17.2. The molecule has 0 bridgehead atoms. The number of nitrogens with zero attached hydrogens (tertiary/aromatic N) is 1. The molecule has 3 rings (SSSR count). The number of carbonyl (C=O) groups excluding carboxylic acids is 5. The Morgan fingerprint density at radius 1 is 1.14 bits per heavy atom. The molecule has 1 aliphatic rings. The van der Waals surface area contributed by atoms with Gasteiger partial charge >= 0.3 is 5.97 Å². The fraction of sp³-hybridized carbons (Fsp3) is 0.208. The molecule has 1 heterocycles. The van der Waals surface area contributed by atoms with E-state index in [1.165, 1.54) is 24.3 Å². The van der Waals surface area contributed by atoms with Gasteiger partial charge in [-0.1, -0.05) is 30.7 Å². The number of nitrogens with two attached hydrogens (primary N) is 1. The van der Waals surface area contributed by atoms with E-state index in [0.29, 0.717) is 29.5 Å². The lowest BCUT2D eigenvalue weighted by Gasteiger charge is -2.13. The Morgan fingerprint density at radius 3 is 2.53 bits per heavy atom. The van der Waals surface area contributed by atoms with Gasteiger partial charge in [-0.05, 0) is 60.2 Å². The molecule has 10 nitrogen and oxygen atoms in total. The number of benzene rings is 2. The Kier molecular flexibility index (Phi) is 9.09. The van der Waals surface area contributed by atoms with Crippen molar-refractivity contribution in [3.05, 3.63) is 63.5 Å². The van der Waals surface area contributed by atoms with Crippen LogP contribution in [0.15, 0.2) is 47.4 Å². The van der Waals surface area contributed by atoms with Gasteiger partial charge in [-0.15, -0.1) is 0 Å². The van der Waals surface area contributed by atoms with Gasteiger partial charge in [-0.25, -0.2) is 4.79 Å². The van der Waals surface area contributed by atoms with Crippen LogP contribution in [-0.2, 0) is 19.1 Å². The Balaban J connectivity index is 1.63. The lowest BCUT2D eigenvalue weighted by molar-refractivity contribution is -0.127. The molecule has 0 aliphatic carbocycles. The van der Waals surface area contributed by atoms with Gasteiger partial charge in [0.1, 0.15) is 12.3 Å². The lowest BCUT2D eigenvalue weighted by Crippen LogP contribution is -2.36. The van der Waals surface area contributed by atoms with Gasteiger partial charge in [0.25, 0.3) is 17.1 Å². The summed E-state index contributed by atoms with van der Waals surface area (Å²) < 4.78 is 10.3. The summed E-state index contributed by atoms with van der Waals surface area (Å²) in [6.07, 6.45) is 2.15. The van der Waals surface area contributed by atoms with E-state index in [0.717, 1.165) is 4.90 Å². The molecule has 1 saturated heterocycles. The van der Waals surface area contributed by atoms with E-state index in [1.807, 2.05) is 6.92 Å². The summed E-state index contributed by atoms with van der Waals surface area (Å²) in [6, 6.07) is 10.7. The molecule has 1 fully saturated rings. The van der Waals surface area contributed by atoms with Crippen LogP contribution in [0.1, 0.15) is 29.3 Å². The number of anilines is 1. The first kappa shape index (κ1) is 26.8. The Bertz CT molecular complexity index is 1230. The van der Waals surface area contributed by atoms with E-state index in [2.05, 4.69) is 5.32 Å². The molecular weight excluding hydrogens is 510 g/mol. The summed E-state index contributed by atoms with van der Waals surface area (Å²) in [5.41, 5.74) is 5.99. The fourth-order valence-corrected chi connectivity index (χ4v) is 4.01. The van der Waals surface area contributed by atoms with Crippen molar-refractivity contribution in [3.8, 4) is 5.75 Å². The molecule has 0 unspecified atom stereocenters. The number of halogens is 1. The van der Waals surface area contributed by atoms with Crippen molar-refractivity contribution < 1.29 is 33.4 Å². The highest BCUT2D eigenvalue weighted by atomic mass is 35.5. The zero-order chi connectivity index (χ0) is 26.2. The van der Waals surface area contributed by atoms with Gasteiger partial charge in [0.2, 0.25) is 5.91 Å². The van der Waals surface area contributed by atoms with Gasteiger partial charge in [0.05, 0.1) is 22.1 Å². The SMILES string of the molecule is CCCOC(=O)c1cc(NC(=O)CN2C(=O)S/C(=C\c3ccc(OCC(N)=O)cc3)C2=O)ccc1Cl. The minimum atomic E-state index is -0.635. The first-order valence-corrected chi connectivity index (χ1v) is 11.9. The van der Waals surface area contributed by atoms with Crippen molar-refractivity contribution in [1.29, 1.82) is 0 Å². The van der Waals surface area contributed by atoms with Crippen LogP contribution in [0.3, 0.4) is 0 Å². The number of amides is 4. The quantitative estimate of drug-likeness (QED) is 0.350. The number of imide groups is 1. The van der Waals surface area contributed by atoms with Crippen molar-refractivity contribution in [2.24, 2.45) is 5.73 Å². The number of hydrogen-bond acceptors (Lipinski definition) is 8. The molecule has 4 amide bonds. The highest BCUT2D eigenvalue weighted by Crippen LogP contribution is 2.32. The maximum absolute atomic E-state index is 12.7. The molecule has 0 aromatic heterocycles. The summed E-state index contributed by atoms with van der Waals surface area (Å²) in [6.45, 7) is 1.30. The number of carbonyl (C=O) groups is 5. The number of rotatable bonds is 10. The molecule has 188 valence electrons. The topological polar surface area (TPSA) is 145 Å². The number of nitrogens with one attached hydrogen (secondary N) is 1. The van der Waals surface area contributed by atoms with Crippen LogP contribution in [0.5, 0.6) is 5.75 Å². The zero-order valence-corrected chi connectivity index (χ0v) is 20.7. The Morgan fingerprint density at radius 2 is 1.86 bits per heavy atom. The van der Waals surface area contributed by atoms with Crippen molar-refractivity contribution >= 4 is 64.1 Å². The number of primary amides is 1. The number of thioether (sulfide) groups is 1. The van der Waals surface area contributed by atoms with E-state index in [-0.39, 0.29) is 34.4 Å². The summed E-state index contributed by atoms with van der Waals surface area (Å²) >= 11 is 6.76. The van der Waals surface area contributed by atoms with Crippen LogP contribution in [0.4, 0.5) is 10.5 Å². The van der Waals surface area contributed by atoms with Crippen molar-refractivity contribution in [2.75, 3.05) is 25.1 Å². The van der Waals surface area contributed by atoms with E-state index < -0.39 is 35.5 Å². The third-order valence-corrected chi connectivity index (χ3v) is 5.88. The normalized spacial score (nSPS) is 14.2. The smallest absolute Gasteiger partial charge is 0.339 e. The van der Waals surface area contributed by atoms with E-state index in [1.54, 1.807) is 24.3 Å². The highest BCUT2D eigenvalue weighted by molar-refractivity contribution is 8.18. The third kappa shape index (κ3) is 7.09. The van der Waals surface area contributed by atoms with Crippen LogP contribution in [-0.4, -0.2) is 53.6 Å². The molecule has 2 aromatic rings.